The molecule has 32 heavy (non-hydrogen) atoms. The van der Waals surface area contributed by atoms with Crippen molar-refractivity contribution in [1.29, 1.82) is 0 Å². The highest BCUT2D eigenvalue weighted by Crippen LogP contribution is 2.37. The normalized spacial score (nSPS) is 12.5. The highest BCUT2D eigenvalue weighted by Gasteiger charge is 2.33. The largest absolute Gasteiger partial charge is 0.416 e. The topological polar surface area (TPSA) is 48.5 Å². The fourth-order valence-corrected chi connectivity index (χ4v) is 4.06. The van der Waals surface area contributed by atoms with Gasteiger partial charge in [-0.1, -0.05) is 30.3 Å². The van der Waals surface area contributed by atoms with Gasteiger partial charge >= 0.3 is 6.18 Å². The SMILES string of the molecule is Cl.FC(F)(F)c1ccc2c(c1)-n1c(-c3ccc4ccccc4n3)nnc1-c1cccn1C2. The number of halogens is 4. The molecule has 0 saturated carbocycles. The highest BCUT2D eigenvalue weighted by molar-refractivity contribution is 5.85. The van der Waals surface area contributed by atoms with Gasteiger partial charge in [-0.05, 0) is 42.0 Å². The molecule has 0 spiro atoms. The summed E-state index contributed by atoms with van der Waals surface area (Å²) in [7, 11) is 0. The zero-order valence-corrected chi connectivity index (χ0v) is 17.2. The zero-order valence-electron chi connectivity index (χ0n) is 16.4. The third-order valence-corrected chi connectivity index (χ3v) is 5.54. The third-order valence-electron chi connectivity index (χ3n) is 5.54. The number of benzene rings is 2. The fraction of sp³-hybridized carbons (Fsp3) is 0.0870. The van der Waals surface area contributed by atoms with Crippen LogP contribution in [0.15, 0.2) is 72.9 Å². The number of hydrogen-bond acceptors (Lipinski definition) is 3. The Kier molecular flexibility index (Phi) is 4.56. The van der Waals surface area contributed by atoms with E-state index >= 15 is 0 Å². The predicted molar refractivity (Wildman–Crippen MR) is 117 cm³/mol. The average Bonchev–Trinajstić information content (AvgIpc) is 3.37. The first-order chi connectivity index (χ1) is 15.0. The smallest absolute Gasteiger partial charge is 0.340 e. The fourth-order valence-electron chi connectivity index (χ4n) is 4.06. The lowest BCUT2D eigenvalue weighted by Gasteiger charge is -2.15. The summed E-state index contributed by atoms with van der Waals surface area (Å²) >= 11 is 0. The lowest BCUT2D eigenvalue weighted by molar-refractivity contribution is -0.137. The molecule has 5 aromatic rings. The van der Waals surface area contributed by atoms with E-state index in [1.807, 2.05) is 59.3 Å². The summed E-state index contributed by atoms with van der Waals surface area (Å²) < 4.78 is 44.1. The van der Waals surface area contributed by atoms with Crippen LogP contribution in [0.25, 0.3) is 39.6 Å². The van der Waals surface area contributed by atoms with E-state index in [0.29, 0.717) is 29.6 Å². The van der Waals surface area contributed by atoms with E-state index in [-0.39, 0.29) is 12.4 Å². The molecule has 1 aliphatic heterocycles. The minimum absolute atomic E-state index is 0. The predicted octanol–water partition coefficient (Wildman–Crippen LogP) is 5.75. The van der Waals surface area contributed by atoms with Crippen molar-refractivity contribution in [2.75, 3.05) is 0 Å². The summed E-state index contributed by atoms with van der Waals surface area (Å²) in [5.74, 6) is 0.879. The van der Waals surface area contributed by atoms with E-state index < -0.39 is 11.7 Å². The molecule has 3 aromatic heterocycles. The van der Waals surface area contributed by atoms with Crippen LogP contribution in [0.3, 0.4) is 0 Å². The Bertz CT molecular complexity index is 1470. The lowest BCUT2D eigenvalue weighted by atomic mass is 10.1. The number of para-hydroxylation sites is 1. The minimum atomic E-state index is -4.45. The number of nitrogens with zero attached hydrogens (tertiary/aromatic N) is 5. The summed E-state index contributed by atoms with van der Waals surface area (Å²) in [6.07, 6.45) is -2.57. The van der Waals surface area contributed by atoms with Crippen LogP contribution in [0.4, 0.5) is 13.2 Å². The number of rotatable bonds is 1. The van der Waals surface area contributed by atoms with Crippen LogP contribution in [0.2, 0.25) is 0 Å². The molecule has 0 unspecified atom stereocenters. The standard InChI is InChI=1S/C23H14F3N5.ClH/c24-23(25,26)16-9-7-15-13-30-11-3-6-19(30)22-29-28-21(31(22)20(15)12-16)18-10-8-14-4-1-2-5-17(14)27-18;/h1-12H,13H2;1H. The van der Waals surface area contributed by atoms with E-state index in [1.54, 1.807) is 4.57 Å². The molecule has 0 aliphatic carbocycles. The van der Waals surface area contributed by atoms with Crippen LogP contribution in [0.5, 0.6) is 0 Å². The summed E-state index contributed by atoms with van der Waals surface area (Å²) in [4.78, 5) is 4.69. The average molecular weight is 454 g/mol. The minimum Gasteiger partial charge on any atom is -0.340 e. The summed E-state index contributed by atoms with van der Waals surface area (Å²) in [5.41, 5.74) is 2.54. The summed E-state index contributed by atoms with van der Waals surface area (Å²) in [6, 6.07) is 19.0. The molecule has 160 valence electrons. The van der Waals surface area contributed by atoms with Gasteiger partial charge in [0.15, 0.2) is 11.6 Å². The van der Waals surface area contributed by atoms with Crippen LogP contribution >= 0.6 is 12.4 Å². The second-order valence-electron chi connectivity index (χ2n) is 7.43. The van der Waals surface area contributed by atoms with Gasteiger partial charge in [0.2, 0.25) is 0 Å². The molecule has 0 atom stereocenters. The van der Waals surface area contributed by atoms with Crippen molar-refractivity contribution in [1.82, 2.24) is 24.3 Å². The zero-order chi connectivity index (χ0) is 21.2. The second kappa shape index (κ2) is 7.20. The van der Waals surface area contributed by atoms with Gasteiger partial charge in [-0.15, -0.1) is 22.6 Å². The first-order valence-corrected chi connectivity index (χ1v) is 9.67. The second-order valence-corrected chi connectivity index (χ2v) is 7.43. The van der Waals surface area contributed by atoms with Crippen molar-refractivity contribution in [3.63, 3.8) is 0 Å². The lowest BCUT2D eigenvalue weighted by Crippen LogP contribution is -2.09. The van der Waals surface area contributed by atoms with Crippen molar-refractivity contribution in [3.8, 4) is 28.7 Å². The molecule has 5 nitrogen and oxygen atoms in total. The Morgan fingerprint density at radius 2 is 1.66 bits per heavy atom. The Morgan fingerprint density at radius 1 is 0.844 bits per heavy atom. The number of pyridine rings is 1. The number of aromatic nitrogens is 5. The number of fused-ring (bicyclic) bond motifs is 6. The van der Waals surface area contributed by atoms with Gasteiger partial charge in [0.25, 0.3) is 0 Å². The van der Waals surface area contributed by atoms with E-state index in [9.17, 15) is 13.2 Å². The highest BCUT2D eigenvalue weighted by atomic mass is 35.5. The summed E-state index contributed by atoms with van der Waals surface area (Å²) in [6.45, 7) is 0.434. The molecule has 1 aliphatic rings. The van der Waals surface area contributed by atoms with Crippen LogP contribution in [-0.4, -0.2) is 24.3 Å². The van der Waals surface area contributed by atoms with E-state index in [0.717, 1.165) is 28.2 Å². The van der Waals surface area contributed by atoms with E-state index in [4.69, 9.17) is 4.98 Å². The van der Waals surface area contributed by atoms with Crippen molar-refractivity contribution in [2.24, 2.45) is 0 Å². The molecule has 2 aromatic carbocycles. The molecule has 0 fully saturated rings. The van der Waals surface area contributed by atoms with Crippen LogP contribution in [0.1, 0.15) is 11.1 Å². The molecule has 0 N–H and O–H groups in total. The van der Waals surface area contributed by atoms with Crippen molar-refractivity contribution in [3.05, 3.63) is 84.1 Å². The maximum atomic E-state index is 13.5. The molecule has 0 radical (unpaired) electrons. The van der Waals surface area contributed by atoms with Gasteiger partial charge in [0.05, 0.1) is 22.5 Å². The van der Waals surface area contributed by atoms with Crippen LogP contribution in [-0.2, 0) is 12.7 Å². The van der Waals surface area contributed by atoms with Gasteiger partial charge in [0.1, 0.15) is 5.69 Å². The van der Waals surface area contributed by atoms with Crippen molar-refractivity contribution < 1.29 is 13.2 Å². The maximum absolute atomic E-state index is 13.5. The van der Waals surface area contributed by atoms with Gasteiger partial charge in [-0.3, -0.25) is 4.57 Å². The number of hydrogen-bond donors (Lipinski definition) is 0. The van der Waals surface area contributed by atoms with Crippen molar-refractivity contribution >= 4 is 23.3 Å². The molecular formula is C23H15ClF3N5. The molecule has 4 heterocycles. The Morgan fingerprint density at radius 3 is 2.50 bits per heavy atom. The Balaban J connectivity index is 0.00000216. The molecule has 6 rings (SSSR count). The Labute approximate surface area is 186 Å². The third kappa shape index (κ3) is 3.06. The van der Waals surface area contributed by atoms with Gasteiger partial charge in [-0.25, -0.2) is 4.98 Å². The number of alkyl halides is 3. The van der Waals surface area contributed by atoms with E-state index in [1.165, 1.54) is 12.1 Å². The molecular weight excluding hydrogens is 439 g/mol. The van der Waals surface area contributed by atoms with Gasteiger partial charge in [0, 0.05) is 18.1 Å². The first kappa shape index (κ1) is 20.3. The van der Waals surface area contributed by atoms with Crippen molar-refractivity contribution in [2.45, 2.75) is 12.7 Å². The molecule has 0 bridgehead atoms. The van der Waals surface area contributed by atoms with Crippen LogP contribution in [0, 0.1) is 0 Å². The summed E-state index contributed by atoms with van der Waals surface area (Å²) in [5, 5.41) is 9.66. The van der Waals surface area contributed by atoms with E-state index in [2.05, 4.69) is 10.2 Å². The quantitative estimate of drug-likeness (QED) is 0.318. The molecule has 0 saturated heterocycles. The van der Waals surface area contributed by atoms with Gasteiger partial charge < -0.3 is 4.57 Å². The maximum Gasteiger partial charge on any atom is 0.416 e. The monoisotopic (exact) mass is 453 g/mol. The molecule has 9 heteroatoms. The first-order valence-electron chi connectivity index (χ1n) is 9.67. The van der Waals surface area contributed by atoms with Crippen LogP contribution < -0.4 is 0 Å². The Hall–Kier alpha value is -3.65. The van der Waals surface area contributed by atoms with Gasteiger partial charge in [-0.2, -0.15) is 13.2 Å². The molecule has 0 amide bonds.